The Morgan fingerprint density at radius 3 is 2.44 bits per heavy atom. The fourth-order valence-corrected chi connectivity index (χ4v) is 2.92. The van der Waals surface area contributed by atoms with Crippen molar-refractivity contribution in [1.29, 1.82) is 0 Å². The third-order valence-electron chi connectivity index (χ3n) is 4.48. The number of ether oxygens (including phenoxy) is 1. The average molecular weight is 225 g/mol. The summed E-state index contributed by atoms with van der Waals surface area (Å²) in [7, 11) is 1.70. The van der Waals surface area contributed by atoms with Crippen LogP contribution in [-0.2, 0) is 14.3 Å². The molecule has 0 radical (unpaired) electrons. The molecule has 90 valence electrons. The number of unbranched alkanes of at least 4 members (excludes halogenated alkanes) is 1. The third kappa shape index (κ3) is 1.00. The van der Waals surface area contributed by atoms with E-state index < -0.39 is 11.1 Å². The third-order valence-corrected chi connectivity index (χ3v) is 4.48. The number of hydrogen-bond acceptors (Lipinski definition) is 3. The van der Waals surface area contributed by atoms with E-state index in [1.165, 1.54) is 0 Å². The number of esters is 1. The van der Waals surface area contributed by atoms with Gasteiger partial charge in [0.15, 0.2) is 11.1 Å². The zero-order valence-corrected chi connectivity index (χ0v) is 10.4. The monoisotopic (exact) mass is 225 g/mol. The number of amides is 1. The Morgan fingerprint density at radius 2 is 2.00 bits per heavy atom. The Bertz CT molecular complexity index is 354. The van der Waals surface area contributed by atoms with Crippen LogP contribution in [0.4, 0.5) is 0 Å². The van der Waals surface area contributed by atoms with E-state index in [-0.39, 0.29) is 17.8 Å². The molecule has 2 rings (SSSR count). The second kappa shape index (κ2) is 3.22. The molecule has 0 bridgehead atoms. The van der Waals surface area contributed by atoms with Gasteiger partial charge in [0, 0.05) is 7.05 Å². The van der Waals surface area contributed by atoms with Gasteiger partial charge in [-0.15, -0.1) is 0 Å². The highest BCUT2D eigenvalue weighted by Crippen LogP contribution is 2.54. The van der Waals surface area contributed by atoms with Crippen molar-refractivity contribution in [3.63, 3.8) is 0 Å². The fourth-order valence-electron chi connectivity index (χ4n) is 2.92. The summed E-state index contributed by atoms with van der Waals surface area (Å²) in [5.41, 5.74) is -1.37. The van der Waals surface area contributed by atoms with Crippen LogP contribution in [0.3, 0.4) is 0 Å². The Balaban J connectivity index is 2.30. The fraction of sp³-hybridized carbons (Fsp3) is 0.833. The quantitative estimate of drug-likeness (QED) is 0.681. The topological polar surface area (TPSA) is 46.6 Å². The summed E-state index contributed by atoms with van der Waals surface area (Å²) in [6, 6.07) is 0. The Morgan fingerprint density at radius 1 is 1.38 bits per heavy atom. The number of nitrogens with zero attached hydrogens (tertiary/aromatic N) is 1. The first-order chi connectivity index (χ1) is 7.39. The van der Waals surface area contributed by atoms with E-state index in [4.69, 9.17) is 4.74 Å². The summed E-state index contributed by atoms with van der Waals surface area (Å²) in [4.78, 5) is 25.3. The van der Waals surface area contributed by atoms with Crippen molar-refractivity contribution in [1.82, 2.24) is 4.90 Å². The maximum absolute atomic E-state index is 12.1. The standard InChI is InChI=1S/C12H19NO3/c1-5-6-7-8-9(14)13(4)11(2)10(15)16-12(8,11)3/h8H,5-7H2,1-4H3/t8-,11-,12-/m0/s1. The van der Waals surface area contributed by atoms with Gasteiger partial charge in [-0.05, 0) is 20.3 Å². The van der Waals surface area contributed by atoms with E-state index in [0.717, 1.165) is 19.3 Å². The highest BCUT2D eigenvalue weighted by Gasteiger charge is 2.76. The van der Waals surface area contributed by atoms with Gasteiger partial charge in [-0.25, -0.2) is 4.79 Å². The van der Waals surface area contributed by atoms with Crippen molar-refractivity contribution in [3.8, 4) is 0 Å². The van der Waals surface area contributed by atoms with Crippen LogP contribution in [0, 0.1) is 5.92 Å². The Hall–Kier alpha value is -1.06. The molecular formula is C12H19NO3. The Labute approximate surface area is 95.9 Å². The van der Waals surface area contributed by atoms with Gasteiger partial charge in [-0.3, -0.25) is 4.79 Å². The lowest BCUT2D eigenvalue weighted by Gasteiger charge is -2.51. The van der Waals surface area contributed by atoms with E-state index in [1.807, 2.05) is 13.8 Å². The SMILES string of the molecule is CCCC[C@H]1C(=O)N(C)[C@@]2(C)C(=O)O[C@@]12C. The minimum Gasteiger partial charge on any atom is -0.454 e. The molecule has 2 heterocycles. The lowest BCUT2D eigenvalue weighted by molar-refractivity contribution is -0.227. The van der Waals surface area contributed by atoms with Gasteiger partial charge in [0.1, 0.15) is 0 Å². The largest absolute Gasteiger partial charge is 0.454 e. The van der Waals surface area contributed by atoms with Crippen LogP contribution in [0.15, 0.2) is 0 Å². The van der Waals surface area contributed by atoms with Crippen LogP contribution >= 0.6 is 0 Å². The predicted octanol–water partition coefficient (Wildman–Crippen LogP) is 1.34. The number of likely N-dealkylation sites (N-methyl/N-ethyl adjacent to an activating group) is 1. The number of likely N-dealkylation sites (tertiary alicyclic amines) is 1. The van der Waals surface area contributed by atoms with E-state index in [9.17, 15) is 9.59 Å². The van der Waals surface area contributed by atoms with Gasteiger partial charge in [-0.2, -0.15) is 0 Å². The number of carbonyl (C=O) groups is 2. The summed E-state index contributed by atoms with van der Waals surface area (Å²) in [6.07, 6.45) is 2.85. The molecule has 2 fully saturated rings. The van der Waals surface area contributed by atoms with E-state index in [0.29, 0.717) is 0 Å². The van der Waals surface area contributed by atoms with Crippen molar-refractivity contribution in [2.75, 3.05) is 7.05 Å². The summed E-state index contributed by atoms with van der Waals surface area (Å²) in [5, 5.41) is 0. The zero-order chi connectivity index (χ0) is 12.1. The van der Waals surface area contributed by atoms with Crippen molar-refractivity contribution in [2.45, 2.75) is 51.2 Å². The molecule has 2 aliphatic rings. The molecule has 0 spiro atoms. The first-order valence-electron chi connectivity index (χ1n) is 5.90. The predicted molar refractivity (Wildman–Crippen MR) is 58.7 cm³/mol. The molecule has 1 amide bonds. The molecule has 0 aromatic heterocycles. The van der Waals surface area contributed by atoms with E-state index in [2.05, 4.69) is 6.92 Å². The van der Waals surface area contributed by atoms with Crippen LogP contribution in [0.2, 0.25) is 0 Å². The molecule has 0 N–H and O–H groups in total. The summed E-state index contributed by atoms with van der Waals surface area (Å²) in [6.45, 7) is 5.79. The first-order valence-corrected chi connectivity index (χ1v) is 5.90. The van der Waals surface area contributed by atoms with Crippen molar-refractivity contribution in [3.05, 3.63) is 0 Å². The maximum Gasteiger partial charge on any atom is 0.336 e. The van der Waals surface area contributed by atoms with Crippen LogP contribution in [-0.4, -0.2) is 35.0 Å². The van der Waals surface area contributed by atoms with Gasteiger partial charge in [-0.1, -0.05) is 19.8 Å². The minimum atomic E-state index is -0.748. The molecule has 0 aliphatic carbocycles. The normalized spacial score (nSPS) is 41.8. The molecule has 4 heteroatoms. The van der Waals surface area contributed by atoms with Crippen molar-refractivity contribution >= 4 is 11.9 Å². The van der Waals surface area contributed by atoms with Crippen molar-refractivity contribution in [2.24, 2.45) is 5.92 Å². The smallest absolute Gasteiger partial charge is 0.336 e. The molecule has 2 saturated heterocycles. The van der Waals surface area contributed by atoms with E-state index in [1.54, 1.807) is 11.9 Å². The van der Waals surface area contributed by atoms with Crippen LogP contribution in [0.25, 0.3) is 0 Å². The summed E-state index contributed by atoms with van der Waals surface area (Å²) < 4.78 is 5.30. The minimum absolute atomic E-state index is 0.0456. The van der Waals surface area contributed by atoms with Gasteiger partial charge in [0.2, 0.25) is 5.91 Å². The van der Waals surface area contributed by atoms with Crippen LogP contribution in [0.5, 0.6) is 0 Å². The second-order valence-electron chi connectivity index (χ2n) is 5.16. The lowest BCUT2D eigenvalue weighted by Crippen LogP contribution is -2.72. The van der Waals surface area contributed by atoms with Crippen molar-refractivity contribution < 1.29 is 14.3 Å². The van der Waals surface area contributed by atoms with Gasteiger partial charge < -0.3 is 9.64 Å². The number of carbonyl (C=O) groups excluding carboxylic acids is 2. The van der Waals surface area contributed by atoms with Gasteiger partial charge in [0.25, 0.3) is 0 Å². The van der Waals surface area contributed by atoms with Gasteiger partial charge >= 0.3 is 5.97 Å². The average Bonchev–Trinajstić information content (AvgIpc) is 2.36. The maximum atomic E-state index is 12.1. The highest BCUT2D eigenvalue weighted by atomic mass is 16.6. The number of rotatable bonds is 3. The highest BCUT2D eigenvalue weighted by molar-refractivity contribution is 6.00. The lowest BCUT2D eigenvalue weighted by atomic mass is 9.71. The molecule has 16 heavy (non-hydrogen) atoms. The molecule has 4 nitrogen and oxygen atoms in total. The molecule has 2 aliphatic heterocycles. The van der Waals surface area contributed by atoms with Crippen LogP contribution < -0.4 is 0 Å². The molecule has 3 atom stereocenters. The second-order valence-corrected chi connectivity index (χ2v) is 5.16. The molecule has 0 unspecified atom stereocenters. The molecule has 0 saturated carbocycles. The van der Waals surface area contributed by atoms with E-state index >= 15 is 0 Å². The first kappa shape index (κ1) is 11.4. The van der Waals surface area contributed by atoms with Gasteiger partial charge in [0.05, 0.1) is 5.92 Å². The number of fused-ring (bicyclic) bond motifs is 1. The summed E-state index contributed by atoms with van der Waals surface area (Å²) in [5.74, 6) is -0.394. The number of hydrogen-bond donors (Lipinski definition) is 0. The molecular weight excluding hydrogens is 206 g/mol. The summed E-state index contributed by atoms with van der Waals surface area (Å²) >= 11 is 0. The molecule has 0 aromatic carbocycles. The van der Waals surface area contributed by atoms with Crippen LogP contribution in [0.1, 0.15) is 40.0 Å². The molecule has 0 aromatic rings. The zero-order valence-electron chi connectivity index (χ0n) is 10.4. The Kier molecular flexibility index (Phi) is 2.30.